The number of rotatable bonds is 4. The zero-order valence-electron chi connectivity index (χ0n) is 17.1. The fourth-order valence-electron chi connectivity index (χ4n) is 3.22. The van der Waals surface area contributed by atoms with Crippen LogP contribution in [0, 0.1) is 0 Å². The molecule has 0 atom stereocenters. The van der Waals surface area contributed by atoms with Crippen LogP contribution in [0.4, 0.5) is 30.5 Å². The largest absolute Gasteiger partial charge is 0.419 e. The summed E-state index contributed by atoms with van der Waals surface area (Å²) in [5.41, 5.74) is 6.51. The third kappa shape index (κ3) is 3.80. The molecule has 0 saturated heterocycles. The van der Waals surface area contributed by atoms with Gasteiger partial charge in [-0.25, -0.2) is 14.5 Å². The van der Waals surface area contributed by atoms with Crippen LogP contribution in [0.2, 0.25) is 0 Å². The van der Waals surface area contributed by atoms with Crippen LogP contribution in [0.25, 0.3) is 16.6 Å². The second-order valence-corrected chi connectivity index (χ2v) is 6.98. The van der Waals surface area contributed by atoms with Gasteiger partial charge in [-0.05, 0) is 30.3 Å². The average Bonchev–Trinajstić information content (AvgIpc) is 3.21. The first-order valence-corrected chi connectivity index (χ1v) is 9.41. The molecular formula is C21H18F3N7O. The lowest BCUT2D eigenvalue weighted by Crippen LogP contribution is -2.27. The maximum atomic E-state index is 13.3. The Morgan fingerprint density at radius 1 is 1.12 bits per heavy atom. The Bertz CT molecular complexity index is 1300. The van der Waals surface area contributed by atoms with E-state index in [9.17, 15) is 18.0 Å². The molecule has 0 aliphatic heterocycles. The zero-order chi connectivity index (χ0) is 23.0. The molecule has 0 unspecified atom stereocenters. The van der Waals surface area contributed by atoms with Crippen molar-refractivity contribution in [3.05, 3.63) is 66.2 Å². The highest BCUT2D eigenvalue weighted by molar-refractivity contribution is 6.06. The van der Waals surface area contributed by atoms with Gasteiger partial charge in [-0.3, -0.25) is 9.69 Å². The van der Waals surface area contributed by atoms with Gasteiger partial charge in [0.05, 0.1) is 29.2 Å². The van der Waals surface area contributed by atoms with Gasteiger partial charge >= 0.3 is 6.18 Å². The van der Waals surface area contributed by atoms with Crippen molar-refractivity contribution in [1.82, 2.24) is 19.6 Å². The summed E-state index contributed by atoms with van der Waals surface area (Å²) in [6.07, 6.45) is 1.18. The number of hydrogen-bond donors (Lipinski definition) is 2. The molecule has 0 fully saturated rings. The lowest BCUT2D eigenvalue weighted by atomic mass is 10.1. The number of aromatic nitrogens is 4. The first-order valence-electron chi connectivity index (χ1n) is 9.41. The number of nitrogens with two attached hydrogens (primary N) is 1. The molecule has 0 radical (unpaired) electrons. The third-order valence-corrected chi connectivity index (χ3v) is 4.99. The number of amides is 1. The number of pyridine rings is 3. The summed E-state index contributed by atoms with van der Waals surface area (Å²) in [5, 5.41) is 7.11. The molecule has 4 rings (SSSR count). The van der Waals surface area contributed by atoms with E-state index in [1.54, 1.807) is 50.8 Å². The van der Waals surface area contributed by atoms with Crippen molar-refractivity contribution in [2.45, 2.75) is 6.18 Å². The van der Waals surface area contributed by atoms with Crippen LogP contribution in [0.5, 0.6) is 0 Å². The van der Waals surface area contributed by atoms with Gasteiger partial charge in [0.15, 0.2) is 0 Å². The molecular weight excluding hydrogens is 423 g/mol. The van der Waals surface area contributed by atoms with Crippen molar-refractivity contribution in [3.8, 4) is 11.1 Å². The summed E-state index contributed by atoms with van der Waals surface area (Å²) in [7, 11) is 3.35. The highest BCUT2D eigenvalue weighted by Gasteiger charge is 2.34. The number of nitrogen functional groups attached to an aromatic ring is 1. The summed E-state index contributed by atoms with van der Waals surface area (Å²) < 4.78 is 41.2. The highest BCUT2D eigenvalue weighted by atomic mass is 19.4. The molecule has 0 bridgehead atoms. The molecule has 0 aromatic carbocycles. The minimum absolute atomic E-state index is 0.184. The molecule has 3 N–H and O–H groups in total. The van der Waals surface area contributed by atoms with Crippen molar-refractivity contribution in [3.63, 3.8) is 0 Å². The lowest BCUT2D eigenvalue weighted by molar-refractivity contribution is -0.137. The molecule has 0 saturated carbocycles. The molecule has 0 aliphatic carbocycles. The predicted octanol–water partition coefficient (Wildman–Crippen LogP) is 3.71. The molecule has 0 spiro atoms. The monoisotopic (exact) mass is 441 g/mol. The minimum Gasteiger partial charge on any atom is -0.387 e. The maximum Gasteiger partial charge on any atom is 0.419 e. The van der Waals surface area contributed by atoms with E-state index in [0.29, 0.717) is 22.5 Å². The topological polar surface area (TPSA) is 101 Å². The Kier molecular flexibility index (Phi) is 5.17. The lowest BCUT2D eigenvalue weighted by Gasteiger charge is -2.17. The number of nitrogens with zero attached hydrogens (tertiary/aromatic N) is 5. The Balaban J connectivity index is 1.72. The quantitative estimate of drug-likeness (QED) is 0.501. The van der Waals surface area contributed by atoms with E-state index in [4.69, 9.17) is 5.73 Å². The molecule has 0 aliphatic rings. The van der Waals surface area contributed by atoms with Gasteiger partial charge in [-0.1, -0.05) is 0 Å². The van der Waals surface area contributed by atoms with E-state index in [2.05, 4.69) is 20.4 Å². The third-order valence-electron chi connectivity index (χ3n) is 4.99. The second-order valence-electron chi connectivity index (χ2n) is 6.98. The van der Waals surface area contributed by atoms with Crippen molar-refractivity contribution in [2.24, 2.45) is 0 Å². The summed E-state index contributed by atoms with van der Waals surface area (Å²) >= 11 is 0. The fraction of sp³-hybridized carbons (Fsp3) is 0.143. The van der Waals surface area contributed by atoms with Crippen molar-refractivity contribution in [2.75, 3.05) is 30.0 Å². The molecule has 32 heavy (non-hydrogen) atoms. The van der Waals surface area contributed by atoms with E-state index >= 15 is 0 Å². The predicted molar refractivity (Wildman–Crippen MR) is 114 cm³/mol. The minimum atomic E-state index is -4.64. The number of nitrogens with one attached hydrogen (secondary N) is 1. The summed E-state index contributed by atoms with van der Waals surface area (Å²) in [5.74, 6) is -0.497. The van der Waals surface area contributed by atoms with Gasteiger partial charge in [0.2, 0.25) is 0 Å². The van der Waals surface area contributed by atoms with Crippen LogP contribution in [0.15, 0.2) is 55.1 Å². The SMILES string of the molecule is CNc1ccc(N(C)C(=O)c2ccn3ncc(-c4cnc(N)c(C(F)(F)F)c4)c3c2)nc1. The van der Waals surface area contributed by atoms with Gasteiger partial charge in [0.1, 0.15) is 11.6 Å². The van der Waals surface area contributed by atoms with Crippen LogP contribution in [0.1, 0.15) is 15.9 Å². The summed E-state index contributed by atoms with van der Waals surface area (Å²) in [6.45, 7) is 0. The van der Waals surface area contributed by atoms with Crippen LogP contribution >= 0.6 is 0 Å². The van der Waals surface area contributed by atoms with Crippen LogP contribution in [-0.4, -0.2) is 39.6 Å². The fourth-order valence-corrected chi connectivity index (χ4v) is 3.22. The number of carbonyl (C=O) groups is 1. The standard InChI is InChI=1S/C21H18F3N7O/c1-26-14-3-4-18(27-10-14)30(2)20(32)12-5-6-31-17(8-12)15(11-29-31)13-7-16(21(22,23)24)19(25)28-9-13/h3-11,26H,1-2H3,(H2,25,28). The number of fused-ring (bicyclic) bond motifs is 1. The molecule has 4 aromatic heterocycles. The normalized spacial score (nSPS) is 11.5. The Morgan fingerprint density at radius 2 is 1.91 bits per heavy atom. The van der Waals surface area contributed by atoms with E-state index in [0.717, 1.165) is 11.8 Å². The van der Waals surface area contributed by atoms with Crippen LogP contribution < -0.4 is 16.0 Å². The van der Waals surface area contributed by atoms with Gasteiger partial charge in [0, 0.05) is 43.2 Å². The van der Waals surface area contributed by atoms with E-state index in [-0.39, 0.29) is 11.5 Å². The molecule has 11 heteroatoms. The Morgan fingerprint density at radius 3 is 2.56 bits per heavy atom. The highest BCUT2D eigenvalue weighted by Crippen LogP contribution is 2.36. The number of hydrogen-bond acceptors (Lipinski definition) is 6. The van der Waals surface area contributed by atoms with Crippen LogP contribution in [-0.2, 0) is 6.18 Å². The van der Waals surface area contributed by atoms with E-state index in [1.165, 1.54) is 21.8 Å². The molecule has 1 amide bonds. The molecule has 164 valence electrons. The first kappa shape index (κ1) is 21.1. The van der Waals surface area contributed by atoms with Crippen LogP contribution in [0.3, 0.4) is 0 Å². The van der Waals surface area contributed by atoms with Gasteiger partial charge in [0.25, 0.3) is 5.91 Å². The number of halogens is 3. The number of anilines is 3. The Hall–Kier alpha value is -4.15. The van der Waals surface area contributed by atoms with Crippen molar-refractivity contribution >= 4 is 28.7 Å². The zero-order valence-corrected chi connectivity index (χ0v) is 17.1. The van der Waals surface area contributed by atoms with Gasteiger partial charge < -0.3 is 11.1 Å². The van der Waals surface area contributed by atoms with Crippen molar-refractivity contribution in [1.29, 1.82) is 0 Å². The number of alkyl halides is 3. The van der Waals surface area contributed by atoms with Gasteiger partial charge in [-0.2, -0.15) is 18.3 Å². The maximum absolute atomic E-state index is 13.3. The molecule has 4 aromatic rings. The molecule has 8 nitrogen and oxygen atoms in total. The number of carbonyl (C=O) groups excluding carboxylic acids is 1. The summed E-state index contributed by atoms with van der Waals surface area (Å²) in [6, 6.07) is 7.55. The second kappa shape index (κ2) is 7.84. The van der Waals surface area contributed by atoms with E-state index < -0.39 is 17.6 Å². The van der Waals surface area contributed by atoms with E-state index in [1.807, 2.05) is 0 Å². The average molecular weight is 441 g/mol. The van der Waals surface area contributed by atoms with Gasteiger partial charge in [-0.15, -0.1) is 0 Å². The molecule has 4 heterocycles. The summed E-state index contributed by atoms with van der Waals surface area (Å²) in [4.78, 5) is 22.3. The van der Waals surface area contributed by atoms with Crippen molar-refractivity contribution < 1.29 is 18.0 Å². The Labute approximate surface area is 180 Å². The smallest absolute Gasteiger partial charge is 0.387 e. The first-order chi connectivity index (χ1) is 15.2.